The number of hydrogen-bond acceptors (Lipinski definition) is 2. The molecule has 1 N–H and O–H groups in total. The first-order valence-corrected chi connectivity index (χ1v) is 7.33. The number of nitrogens with zero attached hydrogens (tertiary/aromatic N) is 1. The molecule has 1 aromatic rings. The largest absolute Gasteiger partial charge is 0.416 e. The van der Waals surface area contributed by atoms with Gasteiger partial charge in [0.15, 0.2) is 0 Å². The summed E-state index contributed by atoms with van der Waals surface area (Å²) >= 11 is 0. The zero-order valence-electron chi connectivity index (χ0n) is 12.8. The summed E-state index contributed by atoms with van der Waals surface area (Å²) < 4.78 is 37.7. The van der Waals surface area contributed by atoms with Crippen LogP contribution in [0.3, 0.4) is 0 Å². The zero-order chi connectivity index (χ0) is 15.7. The molecule has 1 aliphatic heterocycles. The molecule has 5 heteroatoms. The molecule has 118 valence electrons. The second-order valence-corrected chi connectivity index (χ2v) is 6.55. The summed E-state index contributed by atoms with van der Waals surface area (Å²) in [7, 11) is 0. The predicted molar refractivity (Wildman–Crippen MR) is 78.0 cm³/mol. The smallest absolute Gasteiger partial charge is 0.310 e. The summed E-state index contributed by atoms with van der Waals surface area (Å²) in [6, 6.07) is 5.92. The van der Waals surface area contributed by atoms with E-state index in [1.807, 2.05) is 0 Å². The Morgan fingerprint density at radius 1 is 1.24 bits per heavy atom. The Labute approximate surface area is 124 Å². The van der Waals surface area contributed by atoms with Crippen molar-refractivity contribution in [1.29, 1.82) is 0 Å². The molecule has 1 atom stereocenters. The van der Waals surface area contributed by atoms with Crippen LogP contribution in [-0.2, 0) is 12.7 Å². The third-order valence-corrected chi connectivity index (χ3v) is 4.05. The predicted octanol–water partition coefficient (Wildman–Crippen LogP) is 3.67. The molecule has 0 spiro atoms. The summed E-state index contributed by atoms with van der Waals surface area (Å²) in [5.41, 5.74) is 0.362. The Morgan fingerprint density at radius 2 is 1.86 bits per heavy atom. The Hall–Kier alpha value is -1.07. The second kappa shape index (κ2) is 5.97. The van der Waals surface area contributed by atoms with Crippen LogP contribution in [0.4, 0.5) is 13.2 Å². The highest BCUT2D eigenvalue weighted by atomic mass is 19.4. The molecule has 2 rings (SSSR count). The monoisotopic (exact) mass is 300 g/mol. The van der Waals surface area contributed by atoms with Gasteiger partial charge in [-0.05, 0) is 51.4 Å². The topological polar surface area (TPSA) is 15.3 Å². The lowest BCUT2D eigenvalue weighted by Gasteiger charge is -2.33. The van der Waals surface area contributed by atoms with E-state index >= 15 is 0 Å². The maximum absolute atomic E-state index is 12.6. The first-order valence-electron chi connectivity index (χ1n) is 7.33. The molecule has 21 heavy (non-hydrogen) atoms. The van der Waals surface area contributed by atoms with Crippen molar-refractivity contribution < 1.29 is 13.2 Å². The van der Waals surface area contributed by atoms with Gasteiger partial charge in [-0.15, -0.1) is 0 Å². The SMILES string of the molecule is CC1CCNC(C)(C)CN1Cc1ccc(C(F)(F)F)cc1. The van der Waals surface area contributed by atoms with E-state index in [1.54, 1.807) is 12.1 Å². The van der Waals surface area contributed by atoms with E-state index in [2.05, 4.69) is 31.0 Å². The highest BCUT2D eigenvalue weighted by Gasteiger charge is 2.31. The Morgan fingerprint density at radius 3 is 2.43 bits per heavy atom. The van der Waals surface area contributed by atoms with Crippen LogP contribution in [0.25, 0.3) is 0 Å². The average molecular weight is 300 g/mol. The van der Waals surface area contributed by atoms with Gasteiger partial charge in [0, 0.05) is 24.7 Å². The van der Waals surface area contributed by atoms with Crippen molar-refractivity contribution >= 4 is 0 Å². The summed E-state index contributed by atoms with van der Waals surface area (Å²) in [5.74, 6) is 0. The normalized spacial score (nSPS) is 23.8. The maximum Gasteiger partial charge on any atom is 0.416 e. The number of rotatable bonds is 2. The van der Waals surface area contributed by atoms with E-state index in [4.69, 9.17) is 0 Å². The molecular formula is C16H23F3N2. The van der Waals surface area contributed by atoms with Gasteiger partial charge in [-0.2, -0.15) is 13.2 Å². The zero-order valence-corrected chi connectivity index (χ0v) is 12.8. The fraction of sp³-hybridized carbons (Fsp3) is 0.625. The van der Waals surface area contributed by atoms with E-state index in [1.165, 1.54) is 12.1 Å². The van der Waals surface area contributed by atoms with E-state index in [-0.39, 0.29) is 5.54 Å². The lowest BCUT2D eigenvalue weighted by Crippen LogP contribution is -2.47. The molecule has 1 fully saturated rings. The first-order chi connectivity index (χ1) is 9.67. The minimum Gasteiger partial charge on any atom is -0.310 e. The molecule has 1 aliphatic rings. The minimum atomic E-state index is -4.26. The van der Waals surface area contributed by atoms with Crippen LogP contribution in [-0.4, -0.2) is 29.6 Å². The molecule has 0 aliphatic carbocycles. The lowest BCUT2D eigenvalue weighted by atomic mass is 10.0. The fourth-order valence-electron chi connectivity index (χ4n) is 2.77. The minimum absolute atomic E-state index is 0.0245. The Bertz CT molecular complexity index is 465. The van der Waals surface area contributed by atoms with Crippen molar-refractivity contribution in [1.82, 2.24) is 10.2 Å². The maximum atomic E-state index is 12.6. The van der Waals surface area contributed by atoms with Crippen molar-refractivity contribution in [3.63, 3.8) is 0 Å². The van der Waals surface area contributed by atoms with Gasteiger partial charge in [0.25, 0.3) is 0 Å². The van der Waals surface area contributed by atoms with Crippen LogP contribution >= 0.6 is 0 Å². The van der Waals surface area contributed by atoms with Gasteiger partial charge in [-0.25, -0.2) is 0 Å². The van der Waals surface area contributed by atoms with E-state index in [9.17, 15) is 13.2 Å². The highest BCUT2D eigenvalue weighted by Crippen LogP contribution is 2.29. The van der Waals surface area contributed by atoms with Crippen LogP contribution in [0.2, 0.25) is 0 Å². The van der Waals surface area contributed by atoms with Crippen LogP contribution < -0.4 is 5.32 Å². The molecule has 1 heterocycles. The molecular weight excluding hydrogens is 277 g/mol. The molecule has 0 saturated carbocycles. The number of benzene rings is 1. The van der Waals surface area contributed by atoms with E-state index in [0.29, 0.717) is 12.6 Å². The van der Waals surface area contributed by atoms with Gasteiger partial charge in [-0.3, -0.25) is 4.90 Å². The van der Waals surface area contributed by atoms with Crippen LogP contribution in [0.1, 0.15) is 38.3 Å². The van der Waals surface area contributed by atoms with Crippen LogP contribution in [0.15, 0.2) is 24.3 Å². The van der Waals surface area contributed by atoms with Crippen molar-refractivity contribution in [3.05, 3.63) is 35.4 Å². The fourth-order valence-corrected chi connectivity index (χ4v) is 2.77. The van der Waals surface area contributed by atoms with Crippen LogP contribution in [0.5, 0.6) is 0 Å². The Balaban J connectivity index is 2.09. The van der Waals surface area contributed by atoms with Crippen molar-refractivity contribution in [2.45, 2.75) is 51.5 Å². The highest BCUT2D eigenvalue weighted by molar-refractivity contribution is 5.24. The van der Waals surface area contributed by atoms with Gasteiger partial charge in [0.05, 0.1) is 5.56 Å². The Kier molecular flexibility index (Phi) is 4.63. The van der Waals surface area contributed by atoms with Gasteiger partial charge < -0.3 is 5.32 Å². The molecule has 1 aromatic carbocycles. The second-order valence-electron chi connectivity index (χ2n) is 6.55. The molecule has 0 bridgehead atoms. The van der Waals surface area contributed by atoms with Crippen molar-refractivity contribution in [2.24, 2.45) is 0 Å². The lowest BCUT2D eigenvalue weighted by molar-refractivity contribution is -0.137. The first kappa shape index (κ1) is 16.3. The summed E-state index contributed by atoms with van der Waals surface area (Å²) in [4.78, 5) is 2.34. The number of halogens is 3. The summed E-state index contributed by atoms with van der Waals surface area (Å²) in [6.07, 6.45) is -3.22. The molecule has 1 saturated heterocycles. The van der Waals surface area contributed by atoms with Crippen LogP contribution in [0, 0.1) is 0 Å². The van der Waals surface area contributed by atoms with Crippen molar-refractivity contribution in [2.75, 3.05) is 13.1 Å². The quantitative estimate of drug-likeness (QED) is 0.896. The van der Waals surface area contributed by atoms with E-state index < -0.39 is 11.7 Å². The average Bonchev–Trinajstić information content (AvgIpc) is 2.48. The van der Waals surface area contributed by atoms with Gasteiger partial charge in [-0.1, -0.05) is 12.1 Å². The van der Waals surface area contributed by atoms with E-state index in [0.717, 1.165) is 25.1 Å². The number of hydrogen-bond donors (Lipinski definition) is 1. The summed E-state index contributed by atoms with van der Waals surface area (Å²) in [6.45, 7) is 9.03. The van der Waals surface area contributed by atoms with Gasteiger partial charge in [0.2, 0.25) is 0 Å². The third-order valence-electron chi connectivity index (χ3n) is 4.05. The molecule has 2 nitrogen and oxygen atoms in total. The van der Waals surface area contributed by atoms with Crippen molar-refractivity contribution in [3.8, 4) is 0 Å². The number of nitrogens with one attached hydrogen (secondary N) is 1. The molecule has 1 unspecified atom stereocenters. The summed E-state index contributed by atoms with van der Waals surface area (Å²) in [5, 5.41) is 3.51. The molecule has 0 amide bonds. The number of alkyl halides is 3. The van der Waals surface area contributed by atoms with Gasteiger partial charge >= 0.3 is 6.18 Å². The molecule has 0 radical (unpaired) electrons. The molecule has 0 aromatic heterocycles. The van der Waals surface area contributed by atoms with Gasteiger partial charge in [0.1, 0.15) is 0 Å². The standard InChI is InChI=1S/C16H23F3N2/c1-12-8-9-20-15(2,3)11-21(12)10-13-4-6-14(7-5-13)16(17,18)19/h4-7,12,20H,8-11H2,1-3H3. The third kappa shape index (κ3) is 4.45.